The summed E-state index contributed by atoms with van der Waals surface area (Å²) in [7, 11) is 3.21. The van der Waals surface area contributed by atoms with Crippen LogP contribution in [-0.4, -0.2) is 19.2 Å². The SMILES string of the molecule is COC(OC)c1ccc[nH]1. The summed E-state index contributed by atoms with van der Waals surface area (Å²) < 4.78 is 9.98. The number of aromatic amines is 1. The Morgan fingerprint density at radius 2 is 2.10 bits per heavy atom. The zero-order chi connectivity index (χ0) is 7.40. The van der Waals surface area contributed by atoms with Gasteiger partial charge in [-0.1, -0.05) is 0 Å². The molecule has 0 bridgehead atoms. The first-order valence-corrected chi connectivity index (χ1v) is 3.07. The van der Waals surface area contributed by atoms with Crippen LogP contribution in [0.4, 0.5) is 0 Å². The van der Waals surface area contributed by atoms with Gasteiger partial charge in [-0.25, -0.2) is 0 Å². The molecule has 0 amide bonds. The highest BCUT2D eigenvalue weighted by atomic mass is 16.7. The van der Waals surface area contributed by atoms with Crippen molar-refractivity contribution in [2.24, 2.45) is 0 Å². The van der Waals surface area contributed by atoms with E-state index in [9.17, 15) is 0 Å². The first-order chi connectivity index (χ1) is 4.88. The molecule has 1 rings (SSSR count). The highest BCUT2D eigenvalue weighted by Gasteiger charge is 2.07. The molecule has 10 heavy (non-hydrogen) atoms. The maximum atomic E-state index is 4.99. The lowest BCUT2D eigenvalue weighted by molar-refractivity contribution is -0.108. The molecule has 0 fully saturated rings. The van der Waals surface area contributed by atoms with Gasteiger partial charge in [-0.2, -0.15) is 0 Å². The van der Waals surface area contributed by atoms with Crippen LogP contribution in [0.2, 0.25) is 0 Å². The Labute approximate surface area is 60.0 Å². The minimum Gasteiger partial charge on any atom is -0.361 e. The third kappa shape index (κ3) is 1.37. The molecule has 0 aromatic carbocycles. The molecular weight excluding hydrogens is 130 g/mol. The molecule has 0 saturated heterocycles. The van der Waals surface area contributed by atoms with Crippen LogP contribution in [0.1, 0.15) is 12.0 Å². The largest absolute Gasteiger partial charge is 0.361 e. The Bertz CT molecular complexity index is 168. The van der Waals surface area contributed by atoms with Gasteiger partial charge in [0, 0.05) is 20.4 Å². The van der Waals surface area contributed by atoms with Crippen molar-refractivity contribution in [3.8, 4) is 0 Å². The molecule has 1 aromatic heterocycles. The van der Waals surface area contributed by atoms with Crippen LogP contribution in [-0.2, 0) is 9.47 Å². The van der Waals surface area contributed by atoms with Crippen molar-refractivity contribution in [1.29, 1.82) is 0 Å². The van der Waals surface area contributed by atoms with Gasteiger partial charge in [0.25, 0.3) is 0 Å². The number of ether oxygens (including phenoxy) is 2. The van der Waals surface area contributed by atoms with Gasteiger partial charge < -0.3 is 14.5 Å². The Hall–Kier alpha value is -0.800. The molecule has 56 valence electrons. The Morgan fingerprint density at radius 3 is 2.50 bits per heavy atom. The summed E-state index contributed by atoms with van der Waals surface area (Å²) in [4.78, 5) is 2.99. The molecule has 0 saturated carbocycles. The first kappa shape index (κ1) is 7.31. The average Bonchev–Trinajstić information content (AvgIpc) is 2.43. The number of H-pyrrole nitrogens is 1. The fraction of sp³-hybridized carbons (Fsp3) is 0.429. The van der Waals surface area contributed by atoms with E-state index in [1.165, 1.54) is 0 Å². The van der Waals surface area contributed by atoms with Gasteiger partial charge in [0.1, 0.15) is 0 Å². The van der Waals surface area contributed by atoms with Gasteiger partial charge in [-0.3, -0.25) is 0 Å². The highest BCUT2D eigenvalue weighted by Crippen LogP contribution is 2.13. The standard InChI is InChI=1S/C7H11NO2/c1-9-7(10-2)6-4-3-5-8-6/h3-5,7-8H,1-2H3. The Kier molecular flexibility index (Phi) is 2.48. The lowest BCUT2D eigenvalue weighted by Gasteiger charge is -2.10. The molecule has 3 heteroatoms. The summed E-state index contributed by atoms with van der Waals surface area (Å²) in [6.45, 7) is 0. The van der Waals surface area contributed by atoms with Crippen LogP contribution in [0.3, 0.4) is 0 Å². The van der Waals surface area contributed by atoms with E-state index in [-0.39, 0.29) is 6.29 Å². The quantitative estimate of drug-likeness (QED) is 0.644. The lowest BCUT2D eigenvalue weighted by Crippen LogP contribution is -2.03. The number of aromatic nitrogens is 1. The van der Waals surface area contributed by atoms with Crippen LogP contribution in [0.15, 0.2) is 18.3 Å². The summed E-state index contributed by atoms with van der Waals surface area (Å²) in [5, 5.41) is 0. The smallest absolute Gasteiger partial charge is 0.198 e. The minimum atomic E-state index is -0.269. The minimum absolute atomic E-state index is 0.269. The van der Waals surface area contributed by atoms with Crippen molar-refractivity contribution in [3.63, 3.8) is 0 Å². The van der Waals surface area contributed by atoms with Gasteiger partial charge in [0.15, 0.2) is 6.29 Å². The van der Waals surface area contributed by atoms with Crippen LogP contribution in [0.5, 0.6) is 0 Å². The summed E-state index contributed by atoms with van der Waals surface area (Å²) in [5.41, 5.74) is 0.935. The van der Waals surface area contributed by atoms with Crippen molar-refractivity contribution in [2.45, 2.75) is 6.29 Å². The molecule has 0 unspecified atom stereocenters. The van der Waals surface area contributed by atoms with Crippen LogP contribution < -0.4 is 0 Å². The van der Waals surface area contributed by atoms with Crippen molar-refractivity contribution >= 4 is 0 Å². The van der Waals surface area contributed by atoms with Crippen LogP contribution in [0, 0.1) is 0 Å². The van der Waals surface area contributed by atoms with E-state index in [4.69, 9.17) is 9.47 Å². The van der Waals surface area contributed by atoms with E-state index in [1.807, 2.05) is 18.3 Å². The van der Waals surface area contributed by atoms with Gasteiger partial charge in [0.2, 0.25) is 0 Å². The zero-order valence-electron chi connectivity index (χ0n) is 6.13. The normalized spacial score (nSPS) is 10.7. The Morgan fingerprint density at radius 1 is 1.40 bits per heavy atom. The van der Waals surface area contributed by atoms with Gasteiger partial charge in [-0.05, 0) is 12.1 Å². The third-order valence-corrected chi connectivity index (χ3v) is 1.30. The zero-order valence-corrected chi connectivity index (χ0v) is 6.13. The Balaban J connectivity index is 2.64. The van der Waals surface area contributed by atoms with Crippen LogP contribution in [0.25, 0.3) is 0 Å². The number of rotatable bonds is 3. The van der Waals surface area contributed by atoms with E-state index in [0.29, 0.717) is 0 Å². The fourth-order valence-corrected chi connectivity index (χ4v) is 0.841. The molecule has 0 aliphatic carbocycles. The van der Waals surface area contributed by atoms with Crippen molar-refractivity contribution < 1.29 is 9.47 Å². The molecule has 0 radical (unpaired) electrons. The molecule has 0 aliphatic heterocycles. The van der Waals surface area contributed by atoms with Crippen molar-refractivity contribution in [3.05, 3.63) is 24.0 Å². The highest BCUT2D eigenvalue weighted by molar-refractivity contribution is 5.04. The monoisotopic (exact) mass is 141 g/mol. The summed E-state index contributed by atoms with van der Waals surface area (Å²) in [6, 6.07) is 3.82. The van der Waals surface area contributed by atoms with Gasteiger partial charge >= 0.3 is 0 Å². The number of hydrogen-bond acceptors (Lipinski definition) is 2. The van der Waals surface area contributed by atoms with E-state index >= 15 is 0 Å². The third-order valence-electron chi connectivity index (χ3n) is 1.30. The summed E-state index contributed by atoms with van der Waals surface area (Å²) in [6.07, 6.45) is 1.57. The predicted molar refractivity (Wildman–Crippen MR) is 37.6 cm³/mol. The predicted octanol–water partition coefficient (Wildman–Crippen LogP) is 1.31. The van der Waals surface area contributed by atoms with Crippen molar-refractivity contribution in [2.75, 3.05) is 14.2 Å². The fourth-order valence-electron chi connectivity index (χ4n) is 0.841. The van der Waals surface area contributed by atoms with E-state index < -0.39 is 0 Å². The van der Waals surface area contributed by atoms with E-state index in [0.717, 1.165) is 5.69 Å². The number of nitrogens with one attached hydrogen (secondary N) is 1. The lowest BCUT2D eigenvalue weighted by atomic mass is 10.4. The second-order valence-corrected chi connectivity index (χ2v) is 1.93. The maximum absolute atomic E-state index is 4.99. The summed E-state index contributed by atoms with van der Waals surface area (Å²) in [5.74, 6) is 0. The molecule has 1 aromatic rings. The first-order valence-electron chi connectivity index (χ1n) is 3.07. The van der Waals surface area contributed by atoms with E-state index in [2.05, 4.69) is 4.98 Å². The van der Waals surface area contributed by atoms with E-state index in [1.54, 1.807) is 14.2 Å². The van der Waals surface area contributed by atoms with Gasteiger partial charge in [0.05, 0.1) is 5.69 Å². The molecule has 1 N–H and O–H groups in total. The summed E-state index contributed by atoms with van der Waals surface area (Å²) >= 11 is 0. The van der Waals surface area contributed by atoms with Crippen molar-refractivity contribution in [1.82, 2.24) is 4.98 Å². The molecule has 1 heterocycles. The second-order valence-electron chi connectivity index (χ2n) is 1.93. The van der Waals surface area contributed by atoms with Crippen LogP contribution >= 0.6 is 0 Å². The number of hydrogen-bond donors (Lipinski definition) is 1. The number of methoxy groups -OCH3 is 2. The molecule has 3 nitrogen and oxygen atoms in total. The molecule has 0 spiro atoms. The second kappa shape index (κ2) is 3.39. The maximum Gasteiger partial charge on any atom is 0.198 e. The molecular formula is C7H11NO2. The van der Waals surface area contributed by atoms with Gasteiger partial charge in [-0.15, -0.1) is 0 Å². The molecule has 0 atom stereocenters. The topological polar surface area (TPSA) is 34.2 Å². The average molecular weight is 141 g/mol. The molecule has 0 aliphatic rings.